The monoisotopic (exact) mass is 476 g/mol. The van der Waals surface area contributed by atoms with Crippen LogP contribution in [-0.2, 0) is 22.6 Å². The number of hydrogen-bond donors (Lipinski definition) is 1. The van der Waals surface area contributed by atoms with E-state index >= 15 is 0 Å². The minimum Gasteiger partial charge on any atom is -0.497 e. The molecule has 180 valence electrons. The highest BCUT2D eigenvalue weighted by Gasteiger charge is 2.15. The molecule has 0 radical (unpaired) electrons. The van der Waals surface area contributed by atoms with Gasteiger partial charge in [0.25, 0.3) is 5.91 Å². The van der Waals surface area contributed by atoms with E-state index in [0.717, 1.165) is 28.1 Å². The fraction of sp³-hybridized carbons (Fsp3) is 0.0968. The summed E-state index contributed by atoms with van der Waals surface area (Å²) in [5.41, 5.74) is 4.32. The molecule has 0 bridgehead atoms. The van der Waals surface area contributed by atoms with Crippen molar-refractivity contribution in [3.63, 3.8) is 0 Å². The maximum atomic E-state index is 13.2. The average molecular weight is 477 g/mol. The van der Waals surface area contributed by atoms with Crippen molar-refractivity contribution in [1.82, 2.24) is 0 Å². The topological polar surface area (TPSA) is 58.6 Å². The molecule has 0 fully saturated rings. The molecule has 5 heteroatoms. The summed E-state index contributed by atoms with van der Waals surface area (Å²) in [5.74, 6) is 0.500. The second-order valence-corrected chi connectivity index (χ2v) is 8.27. The maximum absolute atomic E-state index is 13.2. The van der Waals surface area contributed by atoms with Crippen molar-refractivity contribution in [3.05, 3.63) is 132 Å². The largest absolute Gasteiger partial charge is 0.497 e. The number of amides is 2. The average Bonchev–Trinajstić information content (AvgIpc) is 2.92. The molecule has 0 heterocycles. The molecule has 1 N–H and O–H groups in total. The zero-order valence-corrected chi connectivity index (χ0v) is 20.1. The number of methoxy groups -OCH3 is 1. The highest BCUT2D eigenvalue weighted by molar-refractivity contribution is 6.03. The van der Waals surface area contributed by atoms with Crippen molar-refractivity contribution in [2.24, 2.45) is 0 Å². The first-order chi connectivity index (χ1) is 17.6. The Balaban J connectivity index is 1.46. The Morgan fingerprint density at radius 2 is 1.42 bits per heavy atom. The van der Waals surface area contributed by atoms with Gasteiger partial charge < -0.3 is 15.0 Å². The van der Waals surface area contributed by atoms with Gasteiger partial charge in [0.05, 0.1) is 20.1 Å². The third-order valence-electron chi connectivity index (χ3n) is 5.65. The van der Waals surface area contributed by atoms with Crippen LogP contribution in [0.15, 0.2) is 115 Å². The predicted octanol–water partition coefficient (Wildman–Crippen LogP) is 6.12. The molecule has 0 atom stereocenters. The van der Waals surface area contributed by atoms with Gasteiger partial charge in [0.15, 0.2) is 0 Å². The molecule has 4 rings (SSSR count). The number of carbonyl (C=O) groups is 2. The highest BCUT2D eigenvalue weighted by atomic mass is 16.5. The van der Waals surface area contributed by atoms with E-state index in [2.05, 4.69) is 5.32 Å². The SMILES string of the molecule is COc1ccc(NC(=O)Cc2ccc(N(Cc3ccccc3)C(=O)C=Cc3ccccc3)cc2)cc1. The summed E-state index contributed by atoms with van der Waals surface area (Å²) in [5, 5.41) is 2.89. The lowest BCUT2D eigenvalue weighted by Crippen LogP contribution is -2.28. The normalized spacial score (nSPS) is 10.7. The highest BCUT2D eigenvalue weighted by Crippen LogP contribution is 2.21. The number of rotatable bonds is 9. The van der Waals surface area contributed by atoms with Crippen LogP contribution in [0.25, 0.3) is 6.08 Å². The molecule has 0 spiro atoms. The quantitative estimate of drug-likeness (QED) is 0.296. The van der Waals surface area contributed by atoms with Gasteiger partial charge in [0.2, 0.25) is 5.91 Å². The molecule has 0 unspecified atom stereocenters. The Morgan fingerprint density at radius 1 is 0.778 bits per heavy atom. The minimum absolute atomic E-state index is 0.115. The van der Waals surface area contributed by atoms with Crippen molar-refractivity contribution < 1.29 is 14.3 Å². The molecule has 4 aromatic carbocycles. The molecule has 0 aliphatic heterocycles. The van der Waals surface area contributed by atoms with E-state index in [1.807, 2.05) is 91.0 Å². The van der Waals surface area contributed by atoms with Gasteiger partial charge in [-0.15, -0.1) is 0 Å². The molecule has 0 aliphatic carbocycles. The Morgan fingerprint density at radius 3 is 2.06 bits per heavy atom. The van der Waals surface area contributed by atoms with Gasteiger partial charge >= 0.3 is 0 Å². The van der Waals surface area contributed by atoms with Crippen molar-refractivity contribution in [2.75, 3.05) is 17.3 Å². The molecule has 0 saturated carbocycles. The van der Waals surface area contributed by atoms with Crippen LogP contribution in [-0.4, -0.2) is 18.9 Å². The number of carbonyl (C=O) groups excluding carboxylic acids is 2. The maximum Gasteiger partial charge on any atom is 0.251 e. The first-order valence-corrected chi connectivity index (χ1v) is 11.7. The van der Waals surface area contributed by atoms with E-state index in [-0.39, 0.29) is 18.2 Å². The molecule has 4 aromatic rings. The summed E-state index contributed by atoms with van der Waals surface area (Å²) in [6, 6.07) is 34.3. The molecule has 0 aromatic heterocycles. The Bertz CT molecular complexity index is 1300. The van der Waals surface area contributed by atoms with E-state index in [1.165, 1.54) is 0 Å². The standard InChI is InChI=1S/C31H28N2O3/c1-36-29-19-15-27(16-20-29)32-30(34)22-25-12-17-28(18-13-25)33(23-26-10-6-3-7-11-26)31(35)21-14-24-8-4-2-5-9-24/h2-21H,22-23H2,1H3,(H,32,34). The van der Waals surface area contributed by atoms with Crippen LogP contribution in [0.3, 0.4) is 0 Å². The van der Waals surface area contributed by atoms with Gasteiger partial charge in [-0.3, -0.25) is 9.59 Å². The molecule has 5 nitrogen and oxygen atoms in total. The number of nitrogens with zero attached hydrogens (tertiary/aromatic N) is 1. The third kappa shape index (κ3) is 6.93. The summed E-state index contributed by atoms with van der Waals surface area (Å²) >= 11 is 0. The van der Waals surface area contributed by atoms with E-state index in [0.29, 0.717) is 12.2 Å². The number of nitrogens with one attached hydrogen (secondary N) is 1. The van der Waals surface area contributed by atoms with Crippen LogP contribution < -0.4 is 15.0 Å². The molecule has 0 aliphatic rings. The van der Waals surface area contributed by atoms with E-state index in [9.17, 15) is 9.59 Å². The van der Waals surface area contributed by atoms with Crippen molar-refractivity contribution in [2.45, 2.75) is 13.0 Å². The lowest BCUT2D eigenvalue weighted by atomic mass is 10.1. The van der Waals surface area contributed by atoms with Gasteiger partial charge in [0.1, 0.15) is 5.75 Å². The molecule has 0 saturated heterocycles. The van der Waals surface area contributed by atoms with Gasteiger partial charge in [-0.2, -0.15) is 0 Å². The summed E-state index contributed by atoms with van der Waals surface area (Å²) in [4.78, 5) is 27.4. The van der Waals surface area contributed by atoms with E-state index < -0.39 is 0 Å². The van der Waals surface area contributed by atoms with Crippen LogP contribution in [0.4, 0.5) is 11.4 Å². The zero-order chi connectivity index (χ0) is 25.2. The van der Waals surface area contributed by atoms with Crippen LogP contribution in [0.5, 0.6) is 5.75 Å². The van der Waals surface area contributed by atoms with Crippen LogP contribution in [0.2, 0.25) is 0 Å². The van der Waals surface area contributed by atoms with Crippen LogP contribution in [0, 0.1) is 0 Å². The minimum atomic E-state index is -0.118. The Kier molecular flexibility index (Phi) is 8.28. The summed E-state index contributed by atoms with van der Waals surface area (Å²) in [6.07, 6.45) is 3.64. The fourth-order valence-electron chi connectivity index (χ4n) is 3.74. The van der Waals surface area contributed by atoms with Crippen molar-refractivity contribution in [1.29, 1.82) is 0 Å². The first-order valence-electron chi connectivity index (χ1n) is 11.7. The smallest absolute Gasteiger partial charge is 0.251 e. The second kappa shape index (κ2) is 12.2. The number of ether oxygens (including phenoxy) is 1. The molecule has 2 amide bonds. The predicted molar refractivity (Wildman–Crippen MR) is 145 cm³/mol. The number of benzene rings is 4. The molecular formula is C31H28N2O3. The lowest BCUT2D eigenvalue weighted by Gasteiger charge is -2.22. The molecule has 36 heavy (non-hydrogen) atoms. The van der Waals surface area contributed by atoms with Crippen molar-refractivity contribution >= 4 is 29.3 Å². The van der Waals surface area contributed by atoms with E-state index in [4.69, 9.17) is 4.74 Å². The Hall–Kier alpha value is -4.64. The summed E-state index contributed by atoms with van der Waals surface area (Å²) in [7, 11) is 1.60. The molecular weight excluding hydrogens is 448 g/mol. The number of anilines is 2. The number of hydrogen-bond acceptors (Lipinski definition) is 3. The lowest BCUT2D eigenvalue weighted by molar-refractivity contribution is -0.116. The summed E-state index contributed by atoms with van der Waals surface area (Å²) in [6.45, 7) is 0.441. The van der Waals surface area contributed by atoms with Gasteiger partial charge in [-0.05, 0) is 59.2 Å². The van der Waals surface area contributed by atoms with Crippen molar-refractivity contribution in [3.8, 4) is 5.75 Å². The summed E-state index contributed by atoms with van der Waals surface area (Å²) < 4.78 is 5.15. The zero-order valence-electron chi connectivity index (χ0n) is 20.1. The fourth-order valence-corrected chi connectivity index (χ4v) is 3.74. The van der Waals surface area contributed by atoms with Crippen LogP contribution in [0.1, 0.15) is 16.7 Å². The van der Waals surface area contributed by atoms with Crippen LogP contribution >= 0.6 is 0 Å². The third-order valence-corrected chi connectivity index (χ3v) is 5.65. The van der Waals surface area contributed by atoms with Gasteiger partial charge in [-0.1, -0.05) is 72.8 Å². The second-order valence-electron chi connectivity index (χ2n) is 8.27. The van der Waals surface area contributed by atoms with E-state index in [1.54, 1.807) is 42.4 Å². The first kappa shape index (κ1) is 24.5. The van der Waals surface area contributed by atoms with Gasteiger partial charge in [-0.25, -0.2) is 0 Å². The Labute approximate surface area is 211 Å². The van der Waals surface area contributed by atoms with Gasteiger partial charge in [0, 0.05) is 17.5 Å².